The molecule has 72 valence electrons. The van der Waals surface area contributed by atoms with Crippen molar-refractivity contribution in [1.82, 2.24) is 14.8 Å². The van der Waals surface area contributed by atoms with Crippen LogP contribution >= 0.6 is 0 Å². The Balaban J connectivity index is 2.01. The molecule has 0 bridgehead atoms. The van der Waals surface area contributed by atoms with Gasteiger partial charge in [0.2, 0.25) is 0 Å². The highest BCUT2D eigenvalue weighted by Gasteiger charge is 2.26. The van der Waals surface area contributed by atoms with Gasteiger partial charge in [-0.15, -0.1) is 10.2 Å². The summed E-state index contributed by atoms with van der Waals surface area (Å²) >= 11 is 0. The van der Waals surface area contributed by atoms with Crippen molar-refractivity contribution < 1.29 is 5.11 Å². The molecule has 1 saturated carbocycles. The summed E-state index contributed by atoms with van der Waals surface area (Å²) in [6, 6.07) is 0. The van der Waals surface area contributed by atoms with Gasteiger partial charge in [0.15, 0.2) is 0 Å². The summed E-state index contributed by atoms with van der Waals surface area (Å²) in [6.07, 6.45) is 5.64. The van der Waals surface area contributed by atoms with E-state index in [1.807, 2.05) is 11.6 Å². The van der Waals surface area contributed by atoms with Crippen molar-refractivity contribution in [1.29, 1.82) is 0 Å². The largest absolute Gasteiger partial charge is 0.393 e. The van der Waals surface area contributed by atoms with Crippen LogP contribution in [0.4, 0.5) is 0 Å². The van der Waals surface area contributed by atoms with Gasteiger partial charge in [-0.3, -0.25) is 0 Å². The minimum Gasteiger partial charge on any atom is -0.393 e. The molecule has 2 atom stereocenters. The van der Waals surface area contributed by atoms with Crippen LogP contribution in [0.2, 0.25) is 0 Å². The van der Waals surface area contributed by atoms with Gasteiger partial charge in [0, 0.05) is 13.5 Å². The second kappa shape index (κ2) is 3.46. The summed E-state index contributed by atoms with van der Waals surface area (Å²) in [4.78, 5) is 0. The highest BCUT2D eigenvalue weighted by atomic mass is 16.3. The predicted molar refractivity (Wildman–Crippen MR) is 48.1 cm³/mol. The van der Waals surface area contributed by atoms with E-state index in [1.165, 1.54) is 0 Å². The Labute approximate surface area is 77.6 Å². The Kier molecular flexibility index (Phi) is 2.31. The van der Waals surface area contributed by atoms with Crippen molar-refractivity contribution in [2.45, 2.75) is 31.8 Å². The second-order valence-electron chi connectivity index (χ2n) is 3.82. The molecule has 1 fully saturated rings. The van der Waals surface area contributed by atoms with Gasteiger partial charge >= 0.3 is 0 Å². The molecule has 0 amide bonds. The van der Waals surface area contributed by atoms with E-state index in [2.05, 4.69) is 10.2 Å². The van der Waals surface area contributed by atoms with Crippen molar-refractivity contribution in [3.63, 3.8) is 0 Å². The number of aromatic nitrogens is 3. The third kappa shape index (κ3) is 1.72. The molecule has 1 aromatic heterocycles. The molecule has 4 nitrogen and oxygen atoms in total. The topological polar surface area (TPSA) is 50.9 Å². The predicted octanol–water partition coefficient (Wildman–Crippen LogP) is 0.519. The maximum absolute atomic E-state index is 9.62. The van der Waals surface area contributed by atoms with E-state index in [-0.39, 0.29) is 6.10 Å². The lowest BCUT2D eigenvalue weighted by molar-refractivity contribution is 0.131. The SMILES string of the molecule is Cn1cnnc1CC1CCCC1O. The zero-order chi connectivity index (χ0) is 9.26. The van der Waals surface area contributed by atoms with Crippen LogP contribution in [0.3, 0.4) is 0 Å². The van der Waals surface area contributed by atoms with Crippen LogP contribution in [0.25, 0.3) is 0 Å². The van der Waals surface area contributed by atoms with Crippen LogP contribution in [0.5, 0.6) is 0 Å². The Morgan fingerprint density at radius 2 is 2.46 bits per heavy atom. The fraction of sp³-hybridized carbons (Fsp3) is 0.778. The van der Waals surface area contributed by atoms with E-state index in [4.69, 9.17) is 0 Å². The zero-order valence-corrected chi connectivity index (χ0v) is 7.85. The van der Waals surface area contributed by atoms with Gasteiger partial charge in [-0.05, 0) is 18.8 Å². The first kappa shape index (κ1) is 8.69. The maximum Gasteiger partial charge on any atom is 0.132 e. The van der Waals surface area contributed by atoms with E-state index in [0.717, 1.165) is 31.5 Å². The van der Waals surface area contributed by atoms with Crippen LogP contribution in [0.1, 0.15) is 25.1 Å². The fourth-order valence-electron chi connectivity index (χ4n) is 1.98. The normalized spacial score (nSPS) is 28.2. The van der Waals surface area contributed by atoms with Gasteiger partial charge in [0.05, 0.1) is 6.10 Å². The number of hydrogen-bond donors (Lipinski definition) is 1. The first-order valence-electron chi connectivity index (χ1n) is 4.78. The van der Waals surface area contributed by atoms with Crippen molar-refractivity contribution in [3.05, 3.63) is 12.2 Å². The lowest BCUT2D eigenvalue weighted by Gasteiger charge is -2.12. The lowest BCUT2D eigenvalue weighted by Crippen LogP contribution is -2.17. The molecular formula is C9H15N3O. The third-order valence-electron chi connectivity index (χ3n) is 2.87. The van der Waals surface area contributed by atoms with Crippen LogP contribution in [-0.2, 0) is 13.5 Å². The monoisotopic (exact) mass is 181 g/mol. The average molecular weight is 181 g/mol. The molecule has 0 aliphatic heterocycles. The van der Waals surface area contributed by atoms with Crippen LogP contribution in [-0.4, -0.2) is 26.0 Å². The van der Waals surface area contributed by atoms with Crippen molar-refractivity contribution in [3.8, 4) is 0 Å². The molecule has 13 heavy (non-hydrogen) atoms. The number of aliphatic hydroxyl groups excluding tert-OH is 1. The molecule has 0 radical (unpaired) electrons. The molecule has 2 unspecified atom stereocenters. The average Bonchev–Trinajstić information content (AvgIpc) is 2.65. The third-order valence-corrected chi connectivity index (χ3v) is 2.87. The van der Waals surface area contributed by atoms with Gasteiger partial charge in [-0.2, -0.15) is 0 Å². The van der Waals surface area contributed by atoms with Gasteiger partial charge < -0.3 is 9.67 Å². The zero-order valence-electron chi connectivity index (χ0n) is 7.85. The molecule has 0 spiro atoms. The van der Waals surface area contributed by atoms with E-state index in [1.54, 1.807) is 6.33 Å². The summed E-state index contributed by atoms with van der Waals surface area (Å²) < 4.78 is 1.92. The molecule has 1 aromatic rings. The Morgan fingerprint density at radius 1 is 1.62 bits per heavy atom. The molecule has 1 aliphatic carbocycles. The summed E-state index contributed by atoms with van der Waals surface area (Å²) in [6.45, 7) is 0. The van der Waals surface area contributed by atoms with Crippen molar-refractivity contribution in [2.75, 3.05) is 0 Å². The Hall–Kier alpha value is -0.900. The molecule has 0 saturated heterocycles. The number of aliphatic hydroxyl groups is 1. The highest BCUT2D eigenvalue weighted by molar-refractivity contribution is 4.91. The number of aryl methyl sites for hydroxylation is 1. The standard InChI is InChI=1S/C9H15N3O/c1-12-6-10-11-9(12)5-7-3-2-4-8(7)13/h6-8,13H,2-5H2,1H3. The van der Waals surface area contributed by atoms with Crippen LogP contribution in [0.15, 0.2) is 6.33 Å². The second-order valence-corrected chi connectivity index (χ2v) is 3.82. The summed E-state index contributed by atoms with van der Waals surface area (Å²) in [7, 11) is 1.94. The van der Waals surface area contributed by atoms with Gasteiger partial charge in [-0.1, -0.05) is 6.42 Å². The quantitative estimate of drug-likeness (QED) is 0.723. The van der Waals surface area contributed by atoms with E-state index >= 15 is 0 Å². The number of hydrogen-bond acceptors (Lipinski definition) is 3. The van der Waals surface area contributed by atoms with Crippen molar-refractivity contribution in [2.24, 2.45) is 13.0 Å². The van der Waals surface area contributed by atoms with Gasteiger partial charge in [-0.25, -0.2) is 0 Å². The smallest absolute Gasteiger partial charge is 0.132 e. The summed E-state index contributed by atoms with van der Waals surface area (Å²) in [5.41, 5.74) is 0. The van der Waals surface area contributed by atoms with Gasteiger partial charge in [0.1, 0.15) is 12.2 Å². The lowest BCUT2D eigenvalue weighted by atomic mass is 10.0. The van der Waals surface area contributed by atoms with Crippen molar-refractivity contribution >= 4 is 0 Å². The van der Waals surface area contributed by atoms with Gasteiger partial charge in [0.25, 0.3) is 0 Å². The minimum absolute atomic E-state index is 0.128. The molecule has 2 rings (SSSR count). The highest BCUT2D eigenvalue weighted by Crippen LogP contribution is 2.27. The maximum atomic E-state index is 9.62. The molecule has 0 aromatic carbocycles. The van der Waals surface area contributed by atoms with E-state index in [0.29, 0.717) is 5.92 Å². The van der Waals surface area contributed by atoms with Crippen LogP contribution < -0.4 is 0 Å². The Morgan fingerprint density at radius 3 is 3.00 bits per heavy atom. The number of nitrogens with zero attached hydrogens (tertiary/aromatic N) is 3. The molecule has 4 heteroatoms. The minimum atomic E-state index is -0.128. The van der Waals surface area contributed by atoms with E-state index in [9.17, 15) is 5.11 Å². The van der Waals surface area contributed by atoms with E-state index < -0.39 is 0 Å². The Bertz CT molecular complexity index is 284. The molecule has 1 heterocycles. The van der Waals surface area contributed by atoms with Crippen LogP contribution in [0, 0.1) is 5.92 Å². The summed E-state index contributed by atoms with van der Waals surface area (Å²) in [5.74, 6) is 1.37. The molecule has 1 N–H and O–H groups in total. The number of rotatable bonds is 2. The first-order valence-corrected chi connectivity index (χ1v) is 4.78. The fourth-order valence-corrected chi connectivity index (χ4v) is 1.98. The first-order chi connectivity index (χ1) is 6.27. The summed E-state index contributed by atoms with van der Waals surface area (Å²) in [5, 5.41) is 17.5. The molecular weight excluding hydrogens is 166 g/mol. The molecule has 1 aliphatic rings.